The van der Waals surface area contributed by atoms with Crippen molar-refractivity contribution >= 4 is 22.8 Å². The summed E-state index contributed by atoms with van der Waals surface area (Å²) in [5.74, 6) is -0.354. The van der Waals surface area contributed by atoms with Crippen LogP contribution in [0.25, 0.3) is 22.2 Å². The number of para-hydroxylation sites is 1. The average Bonchev–Trinajstić information content (AvgIpc) is 2.77. The number of pyridine rings is 1. The SMILES string of the molecule is COc1ccc(-c2cc(C(=O)OCC(=O)NCCC#N)c3ccccc3n2)cc1. The van der Waals surface area contributed by atoms with E-state index in [0.29, 0.717) is 22.2 Å². The van der Waals surface area contributed by atoms with Crippen LogP contribution in [0, 0.1) is 11.3 Å². The largest absolute Gasteiger partial charge is 0.497 e. The van der Waals surface area contributed by atoms with Crippen LogP contribution in [0.5, 0.6) is 5.75 Å². The molecular weight excluding hydrogens is 370 g/mol. The third kappa shape index (κ3) is 4.87. The van der Waals surface area contributed by atoms with E-state index in [-0.39, 0.29) is 13.0 Å². The highest BCUT2D eigenvalue weighted by Gasteiger charge is 2.16. The van der Waals surface area contributed by atoms with Gasteiger partial charge < -0.3 is 14.8 Å². The van der Waals surface area contributed by atoms with Gasteiger partial charge in [-0.1, -0.05) is 18.2 Å². The van der Waals surface area contributed by atoms with Crippen LogP contribution < -0.4 is 10.1 Å². The highest BCUT2D eigenvalue weighted by atomic mass is 16.5. The predicted octanol–water partition coefficient (Wildman–Crippen LogP) is 3.10. The lowest BCUT2D eigenvalue weighted by molar-refractivity contribution is -0.124. The smallest absolute Gasteiger partial charge is 0.339 e. The molecule has 146 valence electrons. The third-order valence-electron chi connectivity index (χ3n) is 4.22. The number of rotatable bonds is 7. The van der Waals surface area contributed by atoms with Gasteiger partial charge in [-0.25, -0.2) is 9.78 Å². The summed E-state index contributed by atoms with van der Waals surface area (Å²) >= 11 is 0. The summed E-state index contributed by atoms with van der Waals surface area (Å²) in [5.41, 5.74) is 2.40. The molecule has 0 saturated heterocycles. The standard InChI is InChI=1S/C22H19N3O4/c1-28-16-9-7-15(8-10-16)20-13-18(17-5-2-3-6-19(17)25-20)22(27)29-14-21(26)24-12-4-11-23/h2-3,5-10,13H,4,12,14H2,1H3,(H,24,26). The fraction of sp³-hybridized carbons (Fsp3) is 0.182. The summed E-state index contributed by atoms with van der Waals surface area (Å²) in [7, 11) is 1.59. The molecule has 0 bridgehead atoms. The van der Waals surface area contributed by atoms with Gasteiger partial charge in [0.25, 0.3) is 5.91 Å². The van der Waals surface area contributed by atoms with E-state index in [4.69, 9.17) is 14.7 Å². The van der Waals surface area contributed by atoms with E-state index >= 15 is 0 Å². The highest BCUT2D eigenvalue weighted by Crippen LogP contribution is 2.26. The molecule has 0 unspecified atom stereocenters. The van der Waals surface area contributed by atoms with E-state index in [1.54, 1.807) is 19.2 Å². The van der Waals surface area contributed by atoms with Crippen LogP contribution in [0.15, 0.2) is 54.6 Å². The monoisotopic (exact) mass is 389 g/mol. The van der Waals surface area contributed by atoms with Gasteiger partial charge in [-0.15, -0.1) is 0 Å². The first-order chi connectivity index (χ1) is 14.1. The van der Waals surface area contributed by atoms with E-state index in [1.165, 1.54) is 0 Å². The Hall–Kier alpha value is -3.92. The number of benzene rings is 2. The molecule has 1 aromatic heterocycles. The lowest BCUT2D eigenvalue weighted by Crippen LogP contribution is -2.29. The zero-order valence-corrected chi connectivity index (χ0v) is 15.8. The minimum atomic E-state index is -0.617. The first kappa shape index (κ1) is 19.8. The number of methoxy groups -OCH3 is 1. The van der Waals surface area contributed by atoms with Crippen LogP contribution in [0.1, 0.15) is 16.8 Å². The number of esters is 1. The van der Waals surface area contributed by atoms with Gasteiger partial charge in [-0.05, 0) is 36.4 Å². The van der Waals surface area contributed by atoms with Crippen molar-refractivity contribution in [1.29, 1.82) is 5.26 Å². The van der Waals surface area contributed by atoms with Crippen molar-refractivity contribution in [1.82, 2.24) is 10.3 Å². The maximum absolute atomic E-state index is 12.7. The number of aromatic nitrogens is 1. The lowest BCUT2D eigenvalue weighted by Gasteiger charge is -2.10. The molecule has 0 aliphatic rings. The normalized spacial score (nSPS) is 10.2. The zero-order chi connectivity index (χ0) is 20.6. The topological polar surface area (TPSA) is 101 Å². The molecule has 0 aliphatic carbocycles. The number of ether oxygens (including phenoxy) is 2. The minimum Gasteiger partial charge on any atom is -0.497 e. The first-order valence-corrected chi connectivity index (χ1v) is 8.97. The van der Waals surface area contributed by atoms with Gasteiger partial charge in [0.05, 0.1) is 36.4 Å². The number of hydrogen-bond donors (Lipinski definition) is 1. The molecule has 3 rings (SSSR count). The Morgan fingerprint density at radius 1 is 1.14 bits per heavy atom. The molecule has 0 fully saturated rings. The average molecular weight is 389 g/mol. The van der Waals surface area contributed by atoms with E-state index in [0.717, 1.165) is 11.3 Å². The Morgan fingerprint density at radius 3 is 2.62 bits per heavy atom. The molecule has 29 heavy (non-hydrogen) atoms. The molecule has 1 N–H and O–H groups in total. The molecular formula is C22H19N3O4. The number of carbonyl (C=O) groups excluding carboxylic acids is 2. The molecule has 2 aromatic carbocycles. The Bertz CT molecular complexity index is 1070. The second kappa shape index (κ2) is 9.33. The van der Waals surface area contributed by atoms with Crippen LogP contribution in [-0.2, 0) is 9.53 Å². The van der Waals surface area contributed by atoms with Crippen LogP contribution >= 0.6 is 0 Å². The quantitative estimate of drug-likeness (QED) is 0.492. The fourth-order valence-electron chi connectivity index (χ4n) is 2.77. The maximum Gasteiger partial charge on any atom is 0.339 e. The van der Waals surface area contributed by atoms with Crippen molar-refractivity contribution < 1.29 is 19.1 Å². The van der Waals surface area contributed by atoms with E-state index < -0.39 is 18.5 Å². The van der Waals surface area contributed by atoms with Crippen molar-refractivity contribution in [2.24, 2.45) is 0 Å². The Morgan fingerprint density at radius 2 is 1.90 bits per heavy atom. The van der Waals surface area contributed by atoms with Crippen LogP contribution in [0.2, 0.25) is 0 Å². The number of nitrogens with one attached hydrogen (secondary N) is 1. The molecule has 3 aromatic rings. The minimum absolute atomic E-state index is 0.194. The second-order valence-corrected chi connectivity index (χ2v) is 6.13. The van der Waals surface area contributed by atoms with Gasteiger partial charge in [0, 0.05) is 17.5 Å². The van der Waals surface area contributed by atoms with E-state index in [1.807, 2.05) is 48.5 Å². The van der Waals surface area contributed by atoms with Crippen LogP contribution in [-0.4, -0.2) is 37.1 Å². The summed E-state index contributed by atoms with van der Waals surface area (Å²) in [6, 6.07) is 18.2. The van der Waals surface area contributed by atoms with Gasteiger partial charge in [0.15, 0.2) is 6.61 Å². The fourth-order valence-corrected chi connectivity index (χ4v) is 2.77. The number of carbonyl (C=O) groups is 2. The van der Waals surface area contributed by atoms with Gasteiger partial charge in [-0.3, -0.25) is 4.79 Å². The van der Waals surface area contributed by atoms with Gasteiger partial charge in [0.2, 0.25) is 0 Å². The number of nitriles is 1. The number of nitrogens with zero attached hydrogens (tertiary/aromatic N) is 2. The predicted molar refractivity (Wildman–Crippen MR) is 107 cm³/mol. The molecule has 1 amide bonds. The Labute approximate surface area is 167 Å². The molecule has 0 saturated carbocycles. The van der Waals surface area contributed by atoms with Crippen molar-refractivity contribution in [2.75, 3.05) is 20.3 Å². The third-order valence-corrected chi connectivity index (χ3v) is 4.22. The summed E-state index contributed by atoms with van der Waals surface area (Å²) < 4.78 is 10.4. The van der Waals surface area contributed by atoms with Crippen molar-refractivity contribution in [3.8, 4) is 23.1 Å². The Balaban J connectivity index is 1.86. The van der Waals surface area contributed by atoms with Gasteiger partial charge >= 0.3 is 5.97 Å². The van der Waals surface area contributed by atoms with Crippen molar-refractivity contribution in [3.05, 3.63) is 60.2 Å². The number of amides is 1. The van der Waals surface area contributed by atoms with Crippen molar-refractivity contribution in [2.45, 2.75) is 6.42 Å². The molecule has 0 radical (unpaired) electrons. The van der Waals surface area contributed by atoms with Crippen LogP contribution in [0.4, 0.5) is 0 Å². The summed E-state index contributed by atoms with van der Waals surface area (Å²) in [4.78, 5) is 29.0. The zero-order valence-electron chi connectivity index (χ0n) is 15.8. The summed E-state index contributed by atoms with van der Waals surface area (Å²) in [6.45, 7) is -0.203. The lowest BCUT2D eigenvalue weighted by atomic mass is 10.0. The molecule has 1 heterocycles. The van der Waals surface area contributed by atoms with Gasteiger partial charge in [0.1, 0.15) is 5.75 Å². The molecule has 0 aliphatic heterocycles. The maximum atomic E-state index is 12.7. The summed E-state index contributed by atoms with van der Waals surface area (Å²) in [5, 5.41) is 11.6. The van der Waals surface area contributed by atoms with Crippen molar-refractivity contribution in [3.63, 3.8) is 0 Å². The second-order valence-electron chi connectivity index (χ2n) is 6.13. The molecule has 0 spiro atoms. The summed E-state index contributed by atoms with van der Waals surface area (Å²) in [6.07, 6.45) is 0.194. The molecule has 7 nitrogen and oxygen atoms in total. The van der Waals surface area contributed by atoms with E-state index in [2.05, 4.69) is 10.3 Å². The van der Waals surface area contributed by atoms with E-state index in [9.17, 15) is 9.59 Å². The van der Waals surface area contributed by atoms with Crippen LogP contribution in [0.3, 0.4) is 0 Å². The number of fused-ring (bicyclic) bond motifs is 1. The first-order valence-electron chi connectivity index (χ1n) is 8.97. The van der Waals surface area contributed by atoms with Gasteiger partial charge in [-0.2, -0.15) is 5.26 Å². The Kier molecular flexibility index (Phi) is 6.38. The molecule has 7 heteroatoms. The highest BCUT2D eigenvalue weighted by molar-refractivity contribution is 6.05. The molecule has 0 atom stereocenters. The number of hydrogen-bond acceptors (Lipinski definition) is 6.